The molecule has 0 atom stereocenters. The van der Waals surface area contributed by atoms with Crippen LogP contribution in [0.15, 0.2) is 22.9 Å². The van der Waals surface area contributed by atoms with Gasteiger partial charge in [-0.3, -0.25) is 4.98 Å². The summed E-state index contributed by atoms with van der Waals surface area (Å²) in [7, 11) is 0. The van der Waals surface area contributed by atoms with Gasteiger partial charge < -0.3 is 10.4 Å². The molecular weight excluding hydrogens is 268 g/mol. The van der Waals surface area contributed by atoms with E-state index in [1.165, 1.54) is 18.4 Å². The molecule has 3 nitrogen and oxygen atoms in total. The zero-order valence-electron chi connectivity index (χ0n) is 9.25. The van der Waals surface area contributed by atoms with Crippen LogP contribution < -0.4 is 5.32 Å². The minimum atomic E-state index is 0.306. The summed E-state index contributed by atoms with van der Waals surface area (Å²) in [5.74, 6) is 0. The molecule has 0 saturated heterocycles. The lowest BCUT2D eigenvalue weighted by atomic mass is 10.0. The van der Waals surface area contributed by atoms with Crippen molar-refractivity contribution in [3.05, 3.63) is 28.5 Å². The molecule has 2 N–H and O–H groups in total. The molecule has 0 spiro atoms. The minimum Gasteiger partial charge on any atom is -0.396 e. The summed E-state index contributed by atoms with van der Waals surface area (Å²) in [5, 5.41) is 12.4. The summed E-state index contributed by atoms with van der Waals surface area (Å²) in [6, 6.07) is 2.08. The van der Waals surface area contributed by atoms with E-state index >= 15 is 0 Å². The molecule has 0 aliphatic heterocycles. The van der Waals surface area contributed by atoms with Crippen molar-refractivity contribution in [3.8, 4) is 0 Å². The van der Waals surface area contributed by atoms with Crippen LogP contribution in [0, 0.1) is 5.41 Å². The fourth-order valence-corrected chi connectivity index (χ4v) is 2.37. The highest BCUT2D eigenvalue weighted by atomic mass is 79.9. The standard InChI is InChI=1S/C12H17BrN2O/c13-11-5-10(6-14-8-11)7-15-9-12(1-2-12)3-4-16/h5-6,8,15-16H,1-4,7,9H2. The summed E-state index contributed by atoms with van der Waals surface area (Å²) in [6.07, 6.45) is 7.09. The summed E-state index contributed by atoms with van der Waals surface area (Å²) in [6.45, 7) is 2.15. The molecule has 1 aliphatic carbocycles. The Morgan fingerprint density at radius 2 is 2.25 bits per heavy atom. The molecule has 1 fully saturated rings. The van der Waals surface area contributed by atoms with E-state index in [0.29, 0.717) is 12.0 Å². The highest BCUT2D eigenvalue weighted by Gasteiger charge is 2.41. The zero-order chi connectivity index (χ0) is 11.4. The number of pyridine rings is 1. The van der Waals surface area contributed by atoms with Crippen LogP contribution in [0.3, 0.4) is 0 Å². The molecule has 4 heteroatoms. The number of aromatic nitrogens is 1. The van der Waals surface area contributed by atoms with Crippen LogP contribution in [-0.4, -0.2) is 23.2 Å². The molecule has 1 aromatic rings. The van der Waals surface area contributed by atoms with Crippen molar-refractivity contribution in [1.82, 2.24) is 10.3 Å². The number of halogens is 1. The Balaban J connectivity index is 1.76. The van der Waals surface area contributed by atoms with Crippen LogP contribution in [0.1, 0.15) is 24.8 Å². The van der Waals surface area contributed by atoms with Gasteiger partial charge in [-0.1, -0.05) is 0 Å². The number of aliphatic hydroxyl groups is 1. The molecule has 0 aromatic carbocycles. The van der Waals surface area contributed by atoms with Gasteiger partial charge in [0.1, 0.15) is 0 Å². The highest BCUT2D eigenvalue weighted by molar-refractivity contribution is 9.10. The molecule has 1 saturated carbocycles. The summed E-state index contributed by atoms with van der Waals surface area (Å²) in [5.41, 5.74) is 1.57. The van der Waals surface area contributed by atoms with E-state index in [2.05, 4.69) is 32.3 Å². The van der Waals surface area contributed by atoms with Crippen LogP contribution in [0.2, 0.25) is 0 Å². The third kappa shape index (κ3) is 3.27. The average Bonchev–Trinajstić information content (AvgIpc) is 2.99. The van der Waals surface area contributed by atoms with Crippen molar-refractivity contribution < 1.29 is 5.11 Å². The first-order valence-corrected chi connectivity index (χ1v) is 6.44. The van der Waals surface area contributed by atoms with Gasteiger partial charge in [0, 0.05) is 36.6 Å². The van der Waals surface area contributed by atoms with Crippen LogP contribution >= 0.6 is 15.9 Å². The quantitative estimate of drug-likeness (QED) is 0.841. The summed E-state index contributed by atoms with van der Waals surface area (Å²) >= 11 is 3.41. The third-order valence-electron chi connectivity index (χ3n) is 3.19. The lowest BCUT2D eigenvalue weighted by molar-refractivity contribution is 0.245. The van der Waals surface area contributed by atoms with Gasteiger partial charge in [0.15, 0.2) is 0 Å². The first-order chi connectivity index (χ1) is 7.74. The largest absolute Gasteiger partial charge is 0.396 e. The number of hydrogen-bond acceptors (Lipinski definition) is 3. The normalized spacial score (nSPS) is 17.4. The molecule has 0 radical (unpaired) electrons. The monoisotopic (exact) mass is 284 g/mol. The Hall–Kier alpha value is -0.450. The smallest absolute Gasteiger partial charge is 0.0436 e. The molecule has 0 bridgehead atoms. The maximum Gasteiger partial charge on any atom is 0.0436 e. The first-order valence-electron chi connectivity index (χ1n) is 5.65. The number of rotatable bonds is 6. The third-order valence-corrected chi connectivity index (χ3v) is 3.62. The van der Waals surface area contributed by atoms with Gasteiger partial charge in [-0.2, -0.15) is 0 Å². The highest BCUT2D eigenvalue weighted by Crippen LogP contribution is 2.47. The molecule has 0 amide bonds. The van der Waals surface area contributed by atoms with Gasteiger partial charge in [0.2, 0.25) is 0 Å². The van der Waals surface area contributed by atoms with E-state index in [-0.39, 0.29) is 0 Å². The molecule has 2 rings (SSSR count). The molecule has 1 aliphatic rings. The molecule has 1 heterocycles. The Morgan fingerprint density at radius 3 is 2.88 bits per heavy atom. The molecule has 88 valence electrons. The maximum absolute atomic E-state index is 8.95. The lowest BCUT2D eigenvalue weighted by Crippen LogP contribution is -2.24. The van der Waals surface area contributed by atoms with E-state index in [1.807, 2.05) is 6.20 Å². The molecule has 0 unspecified atom stereocenters. The number of hydrogen-bond donors (Lipinski definition) is 2. The van der Waals surface area contributed by atoms with Gasteiger partial charge in [-0.15, -0.1) is 0 Å². The number of nitrogens with one attached hydrogen (secondary N) is 1. The van der Waals surface area contributed by atoms with Gasteiger partial charge in [0.05, 0.1) is 0 Å². The van der Waals surface area contributed by atoms with Crippen molar-refractivity contribution in [2.75, 3.05) is 13.2 Å². The Morgan fingerprint density at radius 1 is 1.44 bits per heavy atom. The SMILES string of the molecule is OCCC1(CNCc2cncc(Br)c2)CC1. The second kappa shape index (κ2) is 5.25. The second-order valence-corrected chi connectivity index (χ2v) is 5.50. The Kier molecular flexibility index (Phi) is 3.95. The van der Waals surface area contributed by atoms with Crippen molar-refractivity contribution >= 4 is 15.9 Å². The fourth-order valence-electron chi connectivity index (χ4n) is 1.95. The van der Waals surface area contributed by atoms with E-state index in [1.54, 1.807) is 6.20 Å². The van der Waals surface area contributed by atoms with E-state index in [0.717, 1.165) is 24.0 Å². The predicted molar refractivity (Wildman–Crippen MR) is 67.0 cm³/mol. The maximum atomic E-state index is 8.95. The van der Waals surface area contributed by atoms with Gasteiger partial charge in [0.25, 0.3) is 0 Å². The van der Waals surface area contributed by atoms with Crippen LogP contribution in [0.4, 0.5) is 0 Å². The van der Waals surface area contributed by atoms with Gasteiger partial charge >= 0.3 is 0 Å². The molecule has 1 aromatic heterocycles. The lowest BCUT2D eigenvalue weighted by Gasteiger charge is -2.14. The van der Waals surface area contributed by atoms with Gasteiger partial charge in [-0.05, 0) is 52.2 Å². The van der Waals surface area contributed by atoms with Crippen molar-refractivity contribution in [2.24, 2.45) is 5.41 Å². The number of aliphatic hydroxyl groups excluding tert-OH is 1. The van der Waals surface area contributed by atoms with Crippen molar-refractivity contribution in [3.63, 3.8) is 0 Å². The van der Waals surface area contributed by atoms with Crippen molar-refractivity contribution in [2.45, 2.75) is 25.8 Å². The van der Waals surface area contributed by atoms with E-state index in [4.69, 9.17) is 5.11 Å². The molecular formula is C12H17BrN2O. The second-order valence-electron chi connectivity index (χ2n) is 4.59. The predicted octanol–water partition coefficient (Wildman–Crippen LogP) is 2.10. The van der Waals surface area contributed by atoms with Gasteiger partial charge in [-0.25, -0.2) is 0 Å². The molecule has 16 heavy (non-hydrogen) atoms. The first kappa shape index (κ1) is 12.0. The van der Waals surface area contributed by atoms with Crippen LogP contribution in [-0.2, 0) is 6.54 Å². The van der Waals surface area contributed by atoms with E-state index in [9.17, 15) is 0 Å². The van der Waals surface area contributed by atoms with Crippen LogP contribution in [0.25, 0.3) is 0 Å². The Labute approximate surface area is 104 Å². The zero-order valence-corrected chi connectivity index (χ0v) is 10.8. The number of nitrogens with zero attached hydrogens (tertiary/aromatic N) is 1. The topological polar surface area (TPSA) is 45.1 Å². The fraction of sp³-hybridized carbons (Fsp3) is 0.583. The summed E-state index contributed by atoms with van der Waals surface area (Å²) in [4.78, 5) is 4.12. The van der Waals surface area contributed by atoms with Crippen LogP contribution in [0.5, 0.6) is 0 Å². The summed E-state index contributed by atoms with van der Waals surface area (Å²) < 4.78 is 1.02. The van der Waals surface area contributed by atoms with Crippen molar-refractivity contribution in [1.29, 1.82) is 0 Å². The minimum absolute atomic E-state index is 0.306. The van der Waals surface area contributed by atoms with E-state index < -0.39 is 0 Å². The average molecular weight is 285 g/mol. The Bertz CT molecular complexity index is 353.